The molecular weight excluding hydrogens is 224 g/mol. The summed E-state index contributed by atoms with van der Waals surface area (Å²) in [6.45, 7) is 5.22. The van der Waals surface area contributed by atoms with E-state index in [1.54, 1.807) is 0 Å². The summed E-state index contributed by atoms with van der Waals surface area (Å²) in [6, 6.07) is 9.44. The van der Waals surface area contributed by atoms with Gasteiger partial charge in [0.1, 0.15) is 0 Å². The van der Waals surface area contributed by atoms with E-state index in [9.17, 15) is 4.79 Å². The van der Waals surface area contributed by atoms with Crippen molar-refractivity contribution >= 4 is 5.91 Å². The number of hydrogen-bond acceptors (Lipinski definition) is 2. The van der Waals surface area contributed by atoms with Gasteiger partial charge in [-0.2, -0.15) is 0 Å². The molecule has 0 spiro atoms. The second-order valence-electron chi connectivity index (χ2n) is 5.93. The molecule has 0 bridgehead atoms. The fourth-order valence-corrected chi connectivity index (χ4v) is 2.24. The minimum Gasteiger partial charge on any atom is -0.354 e. The molecule has 1 aliphatic carbocycles. The van der Waals surface area contributed by atoms with Crippen LogP contribution in [-0.2, 0) is 11.2 Å². The molecule has 0 heterocycles. The zero-order valence-electron chi connectivity index (χ0n) is 11.1. The Bertz CT molecular complexity index is 414. The summed E-state index contributed by atoms with van der Waals surface area (Å²) in [5, 5.41) is 2.96. The first-order chi connectivity index (χ1) is 8.49. The number of benzene rings is 1. The second-order valence-corrected chi connectivity index (χ2v) is 5.93. The summed E-state index contributed by atoms with van der Waals surface area (Å²) in [5.41, 5.74) is 7.41. The van der Waals surface area contributed by atoms with Crippen molar-refractivity contribution in [2.45, 2.75) is 32.7 Å². The highest BCUT2D eigenvalue weighted by Crippen LogP contribution is 2.50. The lowest BCUT2D eigenvalue weighted by atomic mass is 10.1. The number of carbonyl (C=O) groups excluding carboxylic acids is 1. The van der Waals surface area contributed by atoms with E-state index in [0.717, 1.165) is 12.1 Å². The molecular formula is C15H22N2O. The molecule has 0 aromatic heterocycles. The fraction of sp³-hybridized carbons (Fsp3) is 0.533. The summed E-state index contributed by atoms with van der Waals surface area (Å²) < 4.78 is 0. The smallest absolute Gasteiger partial charge is 0.237 e. The van der Waals surface area contributed by atoms with Gasteiger partial charge < -0.3 is 11.1 Å². The van der Waals surface area contributed by atoms with Crippen LogP contribution in [0.1, 0.15) is 25.8 Å². The SMILES string of the molecule is CC1(C)CC1CNC(=O)[C@H](N)Cc1ccccc1. The number of nitrogens with one attached hydrogen (secondary N) is 1. The molecule has 3 nitrogen and oxygen atoms in total. The predicted octanol–water partition coefficient (Wildman–Crippen LogP) is 1.72. The molecule has 0 saturated heterocycles. The van der Waals surface area contributed by atoms with Crippen LogP contribution in [-0.4, -0.2) is 18.5 Å². The topological polar surface area (TPSA) is 55.1 Å². The van der Waals surface area contributed by atoms with Gasteiger partial charge in [-0.15, -0.1) is 0 Å². The number of rotatable bonds is 5. The van der Waals surface area contributed by atoms with E-state index in [1.807, 2.05) is 30.3 Å². The molecule has 18 heavy (non-hydrogen) atoms. The summed E-state index contributed by atoms with van der Waals surface area (Å²) in [5.74, 6) is 0.576. The Morgan fingerprint density at radius 3 is 2.61 bits per heavy atom. The molecule has 98 valence electrons. The lowest BCUT2D eigenvalue weighted by Crippen LogP contribution is -2.42. The Hall–Kier alpha value is -1.35. The van der Waals surface area contributed by atoms with Crippen LogP contribution in [0.3, 0.4) is 0 Å². The van der Waals surface area contributed by atoms with Crippen molar-refractivity contribution in [3.8, 4) is 0 Å². The van der Waals surface area contributed by atoms with Gasteiger partial charge in [-0.25, -0.2) is 0 Å². The molecule has 1 fully saturated rings. The van der Waals surface area contributed by atoms with E-state index in [-0.39, 0.29) is 5.91 Å². The van der Waals surface area contributed by atoms with Gasteiger partial charge in [0.2, 0.25) is 5.91 Å². The molecule has 1 aromatic rings. The van der Waals surface area contributed by atoms with Crippen LogP contribution in [0.15, 0.2) is 30.3 Å². The van der Waals surface area contributed by atoms with Gasteiger partial charge in [0.25, 0.3) is 0 Å². The van der Waals surface area contributed by atoms with Crippen LogP contribution in [0.5, 0.6) is 0 Å². The molecule has 2 atom stereocenters. The molecule has 1 unspecified atom stereocenters. The van der Waals surface area contributed by atoms with Crippen LogP contribution in [0, 0.1) is 11.3 Å². The van der Waals surface area contributed by atoms with Crippen LogP contribution >= 0.6 is 0 Å². The zero-order valence-corrected chi connectivity index (χ0v) is 11.1. The maximum atomic E-state index is 11.9. The fourth-order valence-electron chi connectivity index (χ4n) is 2.24. The maximum absolute atomic E-state index is 11.9. The van der Waals surface area contributed by atoms with Gasteiger partial charge in [-0.05, 0) is 29.7 Å². The van der Waals surface area contributed by atoms with E-state index in [0.29, 0.717) is 17.8 Å². The first-order valence-electron chi connectivity index (χ1n) is 6.56. The molecule has 1 aromatic carbocycles. The van der Waals surface area contributed by atoms with Crippen molar-refractivity contribution in [2.24, 2.45) is 17.1 Å². The van der Waals surface area contributed by atoms with E-state index in [4.69, 9.17) is 5.73 Å². The summed E-state index contributed by atoms with van der Waals surface area (Å²) in [6.07, 6.45) is 1.79. The molecule has 1 aliphatic rings. The minimum absolute atomic E-state index is 0.0402. The normalized spacial score (nSPS) is 22.3. The highest BCUT2D eigenvalue weighted by Gasteiger charge is 2.45. The Labute approximate surface area is 109 Å². The Kier molecular flexibility index (Phi) is 3.71. The average molecular weight is 246 g/mol. The first-order valence-corrected chi connectivity index (χ1v) is 6.56. The highest BCUT2D eigenvalue weighted by molar-refractivity contribution is 5.81. The molecule has 1 amide bonds. The average Bonchev–Trinajstić information content (AvgIpc) is 2.95. The predicted molar refractivity (Wildman–Crippen MR) is 73.0 cm³/mol. The van der Waals surface area contributed by atoms with E-state index in [1.165, 1.54) is 6.42 Å². The van der Waals surface area contributed by atoms with Crippen LogP contribution in [0.2, 0.25) is 0 Å². The van der Waals surface area contributed by atoms with Gasteiger partial charge in [-0.1, -0.05) is 44.2 Å². The van der Waals surface area contributed by atoms with Crippen LogP contribution in [0.4, 0.5) is 0 Å². The van der Waals surface area contributed by atoms with Gasteiger partial charge in [-0.3, -0.25) is 4.79 Å². The van der Waals surface area contributed by atoms with Crippen molar-refractivity contribution in [3.63, 3.8) is 0 Å². The summed E-state index contributed by atoms with van der Waals surface area (Å²) >= 11 is 0. The number of hydrogen-bond donors (Lipinski definition) is 2. The molecule has 3 N–H and O–H groups in total. The lowest BCUT2D eigenvalue weighted by molar-refractivity contribution is -0.122. The Morgan fingerprint density at radius 2 is 2.06 bits per heavy atom. The van der Waals surface area contributed by atoms with Crippen molar-refractivity contribution in [3.05, 3.63) is 35.9 Å². The largest absolute Gasteiger partial charge is 0.354 e. The number of nitrogens with two attached hydrogens (primary N) is 1. The van der Waals surface area contributed by atoms with E-state index >= 15 is 0 Å². The van der Waals surface area contributed by atoms with Gasteiger partial charge in [0, 0.05) is 6.54 Å². The molecule has 3 heteroatoms. The quantitative estimate of drug-likeness (QED) is 0.831. The van der Waals surface area contributed by atoms with Crippen molar-refractivity contribution in [1.82, 2.24) is 5.32 Å². The van der Waals surface area contributed by atoms with Gasteiger partial charge in [0.05, 0.1) is 6.04 Å². The van der Waals surface area contributed by atoms with Crippen molar-refractivity contribution < 1.29 is 4.79 Å². The molecule has 0 radical (unpaired) electrons. The van der Waals surface area contributed by atoms with Crippen molar-refractivity contribution in [2.75, 3.05) is 6.54 Å². The Morgan fingerprint density at radius 1 is 1.44 bits per heavy atom. The summed E-state index contributed by atoms with van der Waals surface area (Å²) in [7, 11) is 0. The van der Waals surface area contributed by atoms with Crippen LogP contribution in [0.25, 0.3) is 0 Å². The molecule has 1 saturated carbocycles. The van der Waals surface area contributed by atoms with E-state index in [2.05, 4.69) is 19.2 Å². The summed E-state index contributed by atoms with van der Waals surface area (Å²) in [4.78, 5) is 11.9. The van der Waals surface area contributed by atoms with Crippen molar-refractivity contribution in [1.29, 1.82) is 0 Å². The van der Waals surface area contributed by atoms with Crippen LogP contribution < -0.4 is 11.1 Å². The monoisotopic (exact) mass is 246 g/mol. The maximum Gasteiger partial charge on any atom is 0.237 e. The standard InChI is InChI=1S/C15H22N2O/c1-15(2)9-12(15)10-17-14(18)13(16)8-11-6-4-3-5-7-11/h3-7,12-13H,8-10,16H2,1-2H3,(H,17,18)/t12?,13-/m1/s1. The second kappa shape index (κ2) is 5.11. The third-order valence-electron chi connectivity index (χ3n) is 3.88. The third kappa shape index (κ3) is 3.33. The molecule has 2 rings (SSSR count). The van der Waals surface area contributed by atoms with Gasteiger partial charge in [0.15, 0.2) is 0 Å². The Balaban J connectivity index is 1.75. The van der Waals surface area contributed by atoms with Gasteiger partial charge >= 0.3 is 0 Å². The minimum atomic E-state index is -0.450. The third-order valence-corrected chi connectivity index (χ3v) is 3.88. The highest BCUT2D eigenvalue weighted by atomic mass is 16.2. The van der Waals surface area contributed by atoms with E-state index < -0.39 is 6.04 Å². The lowest BCUT2D eigenvalue weighted by Gasteiger charge is -2.12. The molecule has 0 aliphatic heterocycles. The number of amides is 1. The zero-order chi connectivity index (χ0) is 13.2. The number of carbonyl (C=O) groups is 1. The first kappa shape index (κ1) is 13.1.